The Bertz CT molecular complexity index is 698. The van der Waals surface area contributed by atoms with Gasteiger partial charge in [0.05, 0.1) is 13.2 Å². The van der Waals surface area contributed by atoms with Crippen LogP contribution in [0.5, 0.6) is 0 Å². The Morgan fingerprint density at radius 3 is 2.20 bits per heavy atom. The standard InChI is InChI=1S/C19H21ClFNO3/c1-24-11-9-22(10-12-25-2)19(23)15-5-3-14(4-6-15)17-13-16(21)7-8-18(17)20/h3-8,13H,9-12H2,1-2H3. The molecule has 1 amide bonds. The van der Waals surface area contributed by atoms with Gasteiger partial charge >= 0.3 is 0 Å². The summed E-state index contributed by atoms with van der Waals surface area (Å²) in [4.78, 5) is 14.3. The fourth-order valence-corrected chi connectivity index (χ4v) is 2.64. The van der Waals surface area contributed by atoms with E-state index in [4.69, 9.17) is 21.1 Å². The highest BCUT2D eigenvalue weighted by Gasteiger charge is 2.15. The average molecular weight is 366 g/mol. The second-order valence-corrected chi connectivity index (χ2v) is 5.89. The van der Waals surface area contributed by atoms with Crippen LogP contribution < -0.4 is 0 Å². The maximum atomic E-state index is 13.4. The van der Waals surface area contributed by atoms with Gasteiger partial charge in [-0.15, -0.1) is 0 Å². The fraction of sp³-hybridized carbons (Fsp3) is 0.316. The molecule has 0 spiro atoms. The van der Waals surface area contributed by atoms with Crippen LogP contribution in [0.4, 0.5) is 4.39 Å². The van der Waals surface area contributed by atoms with E-state index in [1.165, 1.54) is 18.2 Å². The molecule has 6 heteroatoms. The van der Waals surface area contributed by atoms with E-state index in [-0.39, 0.29) is 11.7 Å². The summed E-state index contributed by atoms with van der Waals surface area (Å²) in [5.74, 6) is -0.462. The van der Waals surface area contributed by atoms with Crippen LogP contribution in [0.25, 0.3) is 11.1 Å². The summed E-state index contributed by atoms with van der Waals surface area (Å²) in [6.45, 7) is 1.87. The molecular formula is C19H21ClFNO3. The van der Waals surface area contributed by atoms with Gasteiger partial charge in [-0.25, -0.2) is 4.39 Å². The van der Waals surface area contributed by atoms with Gasteiger partial charge < -0.3 is 14.4 Å². The molecule has 4 nitrogen and oxygen atoms in total. The summed E-state index contributed by atoms with van der Waals surface area (Å²) >= 11 is 6.13. The van der Waals surface area contributed by atoms with E-state index >= 15 is 0 Å². The van der Waals surface area contributed by atoms with Crippen molar-refractivity contribution < 1.29 is 18.7 Å². The van der Waals surface area contributed by atoms with Crippen LogP contribution in [0, 0.1) is 5.82 Å². The summed E-state index contributed by atoms with van der Waals surface area (Å²) < 4.78 is 23.5. The van der Waals surface area contributed by atoms with Crippen molar-refractivity contribution in [3.8, 4) is 11.1 Å². The second-order valence-electron chi connectivity index (χ2n) is 5.48. The molecule has 0 N–H and O–H groups in total. The molecule has 25 heavy (non-hydrogen) atoms. The van der Waals surface area contributed by atoms with Crippen molar-refractivity contribution in [3.05, 3.63) is 58.9 Å². The van der Waals surface area contributed by atoms with Crippen molar-refractivity contribution in [2.24, 2.45) is 0 Å². The van der Waals surface area contributed by atoms with E-state index in [1.807, 2.05) is 0 Å². The minimum atomic E-state index is -0.357. The quantitative estimate of drug-likeness (QED) is 0.712. The van der Waals surface area contributed by atoms with Crippen molar-refractivity contribution in [2.45, 2.75) is 0 Å². The summed E-state index contributed by atoms with van der Waals surface area (Å²) in [6.07, 6.45) is 0. The van der Waals surface area contributed by atoms with Crippen LogP contribution in [0.1, 0.15) is 10.4 Å². The minimum absolute atomic E-state index is 0.106. The van der Waals surface area contributed by atoms with Crippen LogP contribution >= 0.6 is 11.6 Å². The monoisotopic (exact) mass is 365 g/mol. The zero-order valence-corrected chi connectivity index (χ0v) is 15.1. The largest absolute Gasteiger partial charge is 0.383 e. The smallest absolute Gasteiger partial charge is 0.254 e. The molecule has 0 heterocycles. The van der Waals surface area contributed by atoms with Gasteiger partial charge in [-0.3, -0.25) is 4.79 Å². The number of ether oxygens (including phenoxy) is 2. The maximum absolute atomic E-state index is 13.4. The van der Waals surface area contributed by atoms with E-state index in [0.717, 1.165) is 5.56 Å². The van der Waals surface area contributed by atoms with E-state index in [1.54, 1.807) is 43.4 Å². The summed E-state index contributed by atoms with van der Waals surface area (Å²) in [5, 5.41) is 0.460. The number of carbonyl (C=O) groups is 1. The summed E-state index contributed by atoms with van der Waals surface area (Å²) in [7, 11) is 3.19. The second kappa shape index (κ2) is 9.51. The lowest BCUT2D eigenvalue weighted by Gasteiger charge is -2.22. The van der Waals surface area contributed by atoms with Crippen molar-refractivity contribution in [3.63, 3.8) is 0 Å². The lowest BCUT2D eigenvalue weighted by atomic mass is 10.0. The van der Waals surface area contributed by atoms with E-state index in [2.05, 4.69) is 0 Å². The third-order valence-electron chi connectivity index (χ3n) is 3.79. The first-order valence-electron chi connectivity index (χ1n) is 7.89. The zero-order chi connectivity index (χ0) is 18.2. The van der Waals surface area contributed by atoms with Crippen molar-refractivity contribution in [2.75, 3.05) is 40.5 Å². The molecule has 2 rings (SSSR count). The molecule has 0 fully saturated rings. The number of hydrogen-bond acceptors (Lipinski definition) is 3. The Balaban J connectivity index is 2.19. The SMILES string of the molecule is COCCN(CCOC)C(=O)c1ccc(-c2cc(F)ccc2Cl)cc1. The Kier molecular flexibility index (Phi) is 7.37. The summed E-state index contributed by atoms with van der Waals surface area (Å²) in [6, 6.07) is 11.2. The normalized spacial score (nSPS) is 10.7. The Morgan fingerprint density at radius 1 is 1.04 bits per heavy atom. The molecule has 0 saturated heterocycles. The first-order chi connectivity index (χ1) is 12.1. The highest BCUT2D eigenvalue weighted by atomic mass is 35.5. The van der Waals surface area contributed by atoms with E-state index in [0.29, 0.717) is 42.5 Å². The van der Waals surface area contributed by atoms with Gasteiger partial charge in [0.15, 0.2) is 0 Å². The average Bonchev–Trinajstić information content (AvgIpc) is 2.63. The molecular weight excluding hydrogens is 345 g/mol. The zero-order valence-electron chi connectivity index (χ0n) is 14.3. The first kappa shape index (κ1) is 19.4. The van der Waals surface area contributed by atoms with Crippen molar-refractivity contribution in [1.82, 2.24) is 4.90 Å². The topological polar surface area (TPSA) is 38.8 Å². The van der Waals surface area contributed by atoms with Crippen LogP contribution in [-0.2, 0) is 9.47 Å². The number of hydrogen-bond donors (Lipinski definition) is 0. The molecule has 0 aliphatic heterocycles. The Morgan fingerprint density at radius 2 is 1.64 bits per heavy atom. The summed E-state index contributed by atoms with van der Waals surface area (Å²) in [5.41, 5.74) is 1.89. The molecule has 0 unspecified atom stereocenters. The Hall–Kier alpha value is -1.95. The molecule has 0 aliphatic carbocycles. The highest BCUT2D eigenvalue weighted by molar-refractivity contribution is 6.33. The van der Waals surface area contributed by atoms with Gasteiger partial charge in [-0.1, -0.05) is 23.7 Å². The molecule has 0 saturated carbocycles. The fourth-order valence-electron chi connectivity index (χ4n) is 2.41. The van der Waals surface area contributed by atoms with Gasteiger partial charge in [0.1, 0.15) is 5.82 Å². The number of rotatable bonds is 8. The Labute approximate surface area is 152 Å². The van der Waals surface area contributed by atoms with Gasteiger partial charge in [-0.05, 0) is 35.9 Å². The lowest BCUT2D eigenvalue weighted by molar-refractivity contribution is 0.0627. The molecule has 134 valence electrons. The van der Waals surface area contributed by atoms with Crippen LogP contribution in [0.2, 0.25) is 5.02 Å². The molecule has 0 atom stereocenters. The third-order valence-corrected chi connectivity index (χ3v) is 4.12. The van der Waals surface area contributed by atoms with Gasteiger partial charge in [0, 0.05) is 43.5 Å². The number of benzene rings is 2. The minimum Gasteiger partial charge on any atom is -0.383 e. The maximum Gasteiger partial charge on any atom is 0.254 e. The lowest BCUT2D eigenvalue weighted by Crippen LogP contribution is -2.36. The molecule has 0 aliphatic rings. The first-order valence-corrected chi connectivity index (χ1v) is 8.27. The number of methoxy groups -OCH3 is 2. The molecule has 2 aromatic rings. The number of carbonyl (C=O) groups excluding carboxylic acids is 1. The van der Waals surface area contributed by atoms with Gasteiger partial charge in [0.25, 0.3) is 5.91 Å². The predicted octanol–water partition coefficient (Wildman–Crippen LogP) is 3.88. The van der Waals surface area contributed by atoms with Gasteiger partial charge in [-0.2, -0.15) is 0 Å². The number of nitrogens with zero attached hydrogens (tertiary/aromatic N) is 1. The number of amides is 1. The molecule has 0 radical (unpaired) electrons. The molecule has 0 bridgehead atoms. The third kappa shape index (κ3) is 5.26. The van der Waals surface area contributed by atoms with Crippen molar-refractivity contribution in [1.29, 1.82) is 0 Å². The number of halogens is 2. The van der Waals surface area contributed by atoms with Crippen LogP contribution in [0.15, 0.2) is 42.5 Å². The predicted molar refractivity (Wildman–Crippen MR) is 96.5 cm³/mol. The van der Waals surface area contributed by atoms with E-state index < -0.39 is 0 Å². The van der Waals surface area contributed by atoms with Crippen LogP contribution in [0.3, 0.4) is 0 Å². The molecule has 0 aromatic heterocycles. The van der Waals surface area contributed by atoms with Gasteiger partial charge in [0.2, 0.25) is 0 Å². The van der Waals surface area contributed by atoms with E-state index in [9.17, 15) is 9.18 Å². The van der Waals surface area contributed by atoms with Crippen LogP contribution in [-0.4, -0.2) is 51.3 Å². The van der Waals surface area contributed by atoms with Crippen molar-refractivity contribution >= 4 is 17.5 Å². The highest BCUT2D eigenvalue weighted by Crippen LogP contribution is 2.28. The molecule has 2 aromatic carbocycles.